The molecule has 0 aromatic heterocycles. The van der Waals surface area contributed by atoms with E-state index in [0.29, 0.717) is 6.42 Å². The number of methoxy groups -OCH3 is 2. The van der Waals surface area contributed by atoms with E-state index in [2.05, 4.69) is 0 Å². The molecule has 4 rings (SSSR count). The Kier molecular flexibility index (Phi) is 4.19. The van der Waals surface area contributed by atoms with E-state index in [9.17, 15) is 4.79 Å². The van der Waals surface area contributed by atoms with Gasteiger partial charge in [0, 0.05) is 24.5 Å². The quantitative estimate of drug-likeness (QED) is 0.602. The molecule has 0 amide bonds. The van der Waals surface area contributed by atoms with Crippen LogP contribution in [0, 0.1) is 11.8 Å². The number of hydrogen-bond donors (Lipinski definition) is 0. The van der Waals surface area contributed by atoms with Crippen molar-refractivity contribution in [1.82, 2.24) is 0 Å². The predicted octanol–water partition coefficient (Wildman–Crippen LogP) is 2.88. The van der Waals surface area contributed by atoms with E-state index in [1.54, 1.807) is 14.2 Å². The van der Waals surface area contributed by atoms with Crippen LogP contribution in [0.3, 0.4) is 0 Å². The van der Waals surface area contributed by atoms with Gasteiger partial charge in [0.15, 0.2) is 11.5 Å². The first-order chi connectivity index (χ1) is 11.7. The highest BCUT2D eigenvalue weighted by atomic mass is 35.5. The molecule has 0 spiro atoms. The molecule has 0 radical (unpaired) electrons. The Hall–Kier alpha value is -1.30. The van der Waals surface area contributed by atoms with E-state index >= 15 is 0 Å². The summed E-state index contributed by atoms with van der Waals surface area (Å²) in [7, 11) is 3.26. The van der Waals surface area contributed by atoms with Crippen LogP contribution in [0.4, 0.5) is 0 Å². The second kappa shape index (κ2) is 6.21. The first-order valence-corrected chi connectivity index (χ1v) is 8.69. The Morgan fingerprint density at radius 3 is 2.88 bits per heavy atom. The van der Waals surface area contributed by atoms with Gasteiger partial charge < -0.3 is 18.9 Å². The SMILES string of the molecule is COCO[C@H]1CC[C@H]2[C@@H]3c4c(ccc(OC)c4O[C@@H]31)C[C@@H]2C(=O)Cl. The molecule has 130 valence electrons. The topological polar surface area (TPSA) is 54.0 Å². The number of rotatable bonds is 5. The number of carbonyl (C=O) groups excluding carboxylic acids is 1. The Morgan fingerprint density at radius 1 is 1.33 bits per heavy atom. The van der Waals surface area contributed by atoms with Crippen LogP contribution < -0.4 is 9.47 Å². The van der Waals surface area contributed by atoms with E-state index in [0.717, 1.165) is 29.9 Å². The van der Waals surface area contributed by atoms with Crippen LogP contribution >= 0.6 is 11.6 Å². The van der Waals surface area contributed by atoms with Crippen molar-refractivity contribution in [3.63, 3.8) is 0 Å². The standard InChI is InChI=1S/C18H21ClO5/c1-21-8-23-13-6-4-10-11(18(19)20)7-9-3-5-12(22-2)16-14(9)15(10)17(13)24-16/h3,5,10-11,13,15,17H,4,6-8H2,1-2H3/t10-,11+,13+,15-,17-/m1/s1. The molecule has 0 N–H and O–H groups in total. The molecule has 0 bridgehead atoms. The van der Waals surface area contributed by atoms with E-state index in [1.807, 2.05) is 12.1 Å². The summed E-state index contributed by atoms with van der Waals surface area (Å²) in [5.41, 5.74) is 2.32. The van der Waals surface area contributed by atoms with Crippen molar-refractivity contribution in [2.45, 2.75) is 37.4 Å². The highest BCUT2D eigenvalue weighted by molar-refractivity contribution is 6.64. The number of benzene rings is 1. The van der Waals surface area contributed by atoms with Crippen LogP contribution in [0.2, 0.25) is 0 Å². The minimum atomic E-state index is -0.245. The molecular weight excluding hydrogens is 332 g/mol. The van der Waals surface area contributed by atoms with Crippen LogP contribution in [0.1, 0.15) is 29.9 Å². The van der Waals surface area contributed by atoms with Gasteiger partial charge in [0.05, 0.1) is 13.2 Å². The summed E-state index contributed by atoms with van der Waals surface area (Å²) in [6.07, 6.45) is 2.23. The maximum atomic E-state index is 12.0. The van der Waals surface area contributed by atoms with Crippen LogP contribution in [0.5, 0.6) is 11.5 Å². The molecule has 1 heterocycles. The third-order valence-electron chi connectivity index (χ3n) is 5.67. The highest BCUT2D eigenvalue weighted by Crippen LogP contribution is 2.58. The van der Waals surface area contributed by atoms with Gasteiger partial charge in [-0.15, -0.1) is 0 Å². The molecule has 5 atom stereocenters. The maximum absolute atomic E-state index is 12.0. The second-order valence-electron chi connectivity index (χ2n) is 6.75. The van der Waals surface area contributed by atoms with Gasteiger partial charge in [0.2, 0.25) is 5.24 Å². The molecule has 0 saturated heterocycles. The zero-order valence-electron chi connectivity index (χ0n) is 13.8. The average Bonchev–Trinajstić information content (AvgIpc) is 2.99. The first kappa shape index (κ1) is 16.2. The molecule has 5 nitrogen and oxygen atoms in total. The lowest BCUT2D eigenvalue weighted by atomic mass is 9.62. The van der Waals surface area contributed by atoms with E-state index < -0.39 is 0 Å². The number of hydrogen-bond acceptors (Lipinski definition) is 5. The van der Waals surface area contributed by atoms with Crippen molar-refractivity contribution in [3.8, 4) is 11.5 Å². The summed E-state index contributed by atoms with van der Waals surface area (Å²) < 4.78 is 22.7. The minimum Gasteiger partial charge on any atom is -0.493 e. The smallest absolute Gasteiger partial charge is 0.225 e. The van der Waals surface area contributed by atoms with Crippen LogP contribution in [-0.4, -0.2) is 38.5 Å². The van der Waals surface area contributed by atoms with Crippen molar-refractivity contribution in [2.24, 2.45) is 11.8 Å². The molecule has 1 aliphatic heterocycles. The van der Waals surface area contributed by atoms with Gasteiger partial charge >= 0.3 is 0 Å². The predicted molar refractivity (Wildman–Crippen MR) is 87.7 cm³/mol. The fourth-order valence-electron chi connectivity index (χ4n) is 4.71. The van der Waals surface area contributed by atoms with Crippen LogP contribution in [0.15, 0.2) is 12.1 Å². The minimum absolute atomic E-state index is 0.0552. The zero-order valence-corrected chi connectivity index (χ0v) is 14.5. The Balaban J connectivity index is 1.77. The average molecular weight is 353 g/mol. The summed E-state index contributed by atoms with van der Waals surface area (Å²) in [5, 5.41) is -0.245. The number of carbonyl (C=O) groups is 1. The molecule has 1 aromatic carbocycles. The Labute approximate surface area is 146 Å². The van der Waals surface area contributed by atoms with Gasteiger partial charge in [-0.1, -0.05) is 6.07 Å². The third kappa shape index (κ3) is 2.33. The van der Waals surface area contributed by atoms with E-state index in [4.69, 9.17) is 30.5 Å². The Morgan fingerprint density at radius 2 is 2.17 bits per heavy atom. The molecule has 6 heteroatoms. The van der Waals surface area contributed by atoms with Gasteiger partial charge in [0.1, 0.15) is 12.9 Å². The van der Waals surface area contributed by atoms with Gasteiger partial charge in [0.25, 0.3) is 0 Å². The summed E-state index contributed by atoms with van der Waals surface area (Å²) in [6, 6.07) is 3.94. The van der Waals surface area contributed by atoms with Crippen molar-refractivity contribution >= 4 is 16.8 Å². The van der Waals surface area contributed by atoms with Gasteiger partial charge in [-0.25, -0.2) is 0 Å². The molecule has 24 heavy (non-hydrogen) atoms. The monoisotopic (exact) mass is 352 g/mol. The molecular formula is C18H21ClO5. The maximum Gasteiger partial charge on any atom is 0.225 e. The largest absolute Gasteiger partial charge is 0.493 e. The van der Waals surface area contributed by atoms with Crippen molar-refractivity contribution in [3.05, 3.63) is 23.3 Å². The van der Waals surface area contributed by atoms with Crippen molar-refractivity contribution < 1.29 is 23.7 Å². The summed E-state index contributed by atoms with van der Waals surface area (Å²) >= 11 is 5.93. The lowest BCUT2D eigenvalue weighted by molar-refractivity contribution is -0.133. The third-order valence-corrected chi connectivity index (χ3v) is 5.95. The van der Waals surface area contributed by atoms with Crippen molar-refractivity contribution in [2.75, 3.05) is 21.0 Å². The Bertz CT molecular complexity index is 661. The second-order valence-corrected chi connectivity index (χ2v) is 7.12. The molecule has 1 fully saturated rings. The molecule has 1 saturated carbocycles. The van der Waals surface area contributed by atoms with Gasteiger partial charge in [-0.05, 0) is 48.4 Å². The van der Waals surface area contributed by atoms with E-state index in [-0.39, 0.29) is 42.0 Å². The summed E-state index contributed by atoms with van der Waals surface area (Å²) in [4.78, 5) is 12.0. The van der Waals surface area contributed by atoms with Crippen LogP contribution in [-0.2, 0) is 20.7 Å². The summed E-state index contributed by atoms with van der Waals surface area (Å²) in [5.74, 6) is 1.72. The van der Waals surface area contributed by atoms with Gasteiger partial charge in [-0.2, -0.15) is 0 Å². The fourth-order valence-corrected chi connectivity index (χ4v) is 4.95. The molecule has 2 aliphatic carbocycles. The number of ether oxygens (including phenoxy) is 4. The molecule has 1 aromatic rings. The zero-order chi connectivity index (χ0) is 16.8. The lowest BCUT2D eigenvalue weighted by Crippen LogP contribution is -2.47. The summed E-state index contributed by atoms with van der Waals surface area (Å²) in [6.45, 7) is 0.236. The fraction of sp³-hybridized carbons (Fsp3) is 0.611. The van der Waals surface area contributed by atoms with Crippen LogP contribution in [0.25, 0.3) is 0 Å². The molecule has 0 unspecified atom stereocenters. The van der Waals surface area contributed by atoms with E-state index in [1.165, 1.54) is 5.56 Å². The van der Waals surface area contributed by atoms with Crippen molar-refractivity contribution in [1.29, 1.82) is 0 Å². The number of halogens is 1. The normalized spacial score (nSPS) is 32.9. The lowest BCUT2D eigenvalue weighted by Gasteiger charge is -2.43. The van der Waals surface area contributed by atoms with Gasteiger partial charge in [-0.3, -0.25) is 4.79 Å². The first-order valence-electron chi connectivity index (χ1n) is 8.32. The highest BCUT2D eigenvalue weighted by Gasteiger charge is 2.54. The molecule has 3 aliphatic rings.